The molecule has 1 saturated heterocycles. The Hall–Kier alpha value is -1.95. The monoisotopic (exact) mass is 319 g/mol. The lowest BCUT2D eigenvalue weighted by Gasteiger charge is -2.34. The number of hydrogen-bond donors (Lipinski definition) is 0. The second kappa shape index (κ2) is 6.28. The molecular weight excluding hydrogens is 297 g/mol. The smallest absolute Gasteiger partial charge is 0.188 e. The van der Waals surface area contributed by atoms with Gasteiger partial charge in [-0.3, -0.25) is 4.68 Å². The molecule has 0 amide bonds. The van der Waals surface area contributed by atoms with Crippen LogP contribution in [-0.2, 0) is 18.4 Å². The number of aryl methyl sites for hydroxylation is 1. The van der Waals surface area contributed by atoms with E-state index in [1.165, 1.54) is 12.1 Å². The third-order valence-electron chi connectivity index (χ3n) is 4.07. The van der Waals surface area contributed by atoms with Crippen LogP contribution in [0.25, 0.3) is 0 Å². The molecular formula is C17H22FN3O2. The fraction of sp³-hybridized carbons (Fsp3) is 0.529. The normalized spacial score (nSPS) is 20.4. The maximum absolute atomic E-state index is 13.1. The zero-order valence-electron chi connectivity index (χ0n) is 13.8. The zero-order chi connectivity index (χ0) is 16.4. The quantitative estimate of drug-likeness (QED) is 0.868. The summed E-state index contributed by atoms with van der Waals surface area (Å²) in [6, 6.07) is 6.07. The Bertz CT molecular complexity index is 684. The molecule has 1 unspecified atom stereocenters. The average Bonchev–Trinajstić information content (AvgIpc) is 2.85. The van der Waals surface area contributed by atoms with Crippen molar-refractivity contribution in [2.24, 2.45) is 7.05 Å². The van der Waals surface area contributed by atoms with E-state index >= 15 is 0 Å². The van der Waals surface area contributed by atoms with Gasteiger partial charge in [0.15, 0.2) is 5.82 Å². The summed E-state index contributed by atoms with van der Waals surface area (Å²) in [4.78, 5) is 4.61. The van der Waals surface area contributed by atoms with Crippen LogP contribution in [0.15, 0.2) is 24.3 Å². The van der Waals surface area contributed by atoms with Crippen LogP contribution in [0.5, 0.6) is 5.75 Å². The third kappa shape index (κ3) is 3.88. The molecule has 0 N–H and O–H groups in total. The highest BCUT2D eigenvalue weighted by Gasteiger charge is 2.32. The number of rotatable bonds is 4. The van der Waals surface area contributed by atoms with Gasteiger partial charge in [0.25, 0.3) is 0 Å². The Kier molecular flexibility index (Phi) is 4.35. The summed E-state index contributed by atoms with van der Waals surface area (Å²) in [7, 11) is 1.90. The summed E-state index contributed by atoms with van der Waals surface area (Å²) in [5.41, 5.74) is -0.132. The van der Waals surface area contributed by atoms with Crippen molar-refractivity contribution in [2.75, 3.05) is 6.61 Å². The molecule has 1 atom stereocenters. The first-order valence-corrected chi connectivity index (χ1v) is 7.85. The second-order valence-corrected chi connectivity index (χ2v) is 6.55. The minimum Gasteiger partial charge on any atom is -0.485 e. The lowest BCUT2D eigenvalue weighted by molar-refractivity contribution is -0.0606. The average molecular weight is 319 g/mol. The first-order valence-electron chi connectivity index (χ1n) is 7.85. The van der Waals surface area contributed by atoms with Gasteiger partial charge in [-0.2, -0.15) is 5.10 Å². The molecule has 2 aromatic rings. The van der Waals surface area contributed by atoms with Crippen molar-refractivity contribution >= 4 is 0 Å². The predicted octanol–water partition coefficient (Wildman–Crippen LogP) is 3.21. The van der Waals surface area contributed by atoms with E-state index < -0.39 is 0 Å². The topological polar surface area (TPSA) is 49.2 Å². The predicted molar refractivity (Wildman–Crippen MR) is 83.7 cm³/mol. The molecule has 0 radical (unpaired) electrons. The van der Waals surface area contributed by atoms with Gasteiger partial charge in [0.1, 0.15) is 24.0 Å². The fourth-order valence-electron chi connectivity index (χ4n) is 3.02. The maximum atomic E-state index is 13.1. The number of halogens is 1. The second-order valence-electron chi connectivity index (χ2n) is 6.55. The van der Waals surface area contributed by atoms with Gasteiger partial charge in [-0.05, 0) is 38.8 Å². The Morgan fingerprint density at radius 1 is 1.43 bits per heavy atom. The van der Waals surface area contributed by atoms with Crippen LogP contribution in [-0.4, -0.2) is 27.0 Å². The molecule has 0 saturated carbocycles. The molecule has 1 fully saturated rings. The van der Waals surface area contributed by atoms with E-state index in [1.54, 1.807) is 12.1 Å². The molecule has 0 aliphatic carbocycles. The van der Waals surface area contributed by atoms with Crippen molar-refractivity contribution in [1.82, 2.24) is 14.8 Å². The highest BCUT2D eigenvalue weighted by Crippen LogP contribution is 2.34. The van der Waals surface area contributed by atoms with Crippen molar-refractivity contribution in [3.05, 3.63) is 41.7 Å². The van der Waals surface area contributed by atoms with Crippen LogP contribution in [0.4, 0.5) is 4.39 Å². The van der Waals surface area contributed by atoms with Gasteiger partial charge in [-0.1, -0.05) is 6.07 Å². The summed E-state index contributed by atoms with van der Waals surface area (Å²) < 4.78 is 26.3. The summed E-state index contributed by atoms with van der Waals surface area (Å²) >= 11 is 0. The molecule has 0 spiro atoms. The number of hydrogen-bond acceptors (Lipinski definition) is 4. The minimum absolute atomic E-state index is 0.132. The van der Waals surface area contributed by atoms with Crippen LogP contribution >= 0.6 is 0 Å². The van der Waals surface area contributed by atoms with Crippen LogP contribution < -0.4 is 4.74 Å². The van der Waals surface area contributed by atoms with Crippen LogP contribution in [0, 0.1) is 5.82 Å². The Balaban J connectivity index is 1.68. The molecule has 23 heavy (non-hydrogen) atoms. The van der Waals surface area contributed by atoms with E-state index in [1.807, 2.05) is 11.7 Å². The Labute approximate surface area is 135 Å². The molecule has 1 aromatic carbocycles. The van der Waals surface area contributed by atoms with Gasteiger partial charge in [0.2, 0.25) is 0 Å². The van der Waals surface area contributed by atoms with E-state index in [9.17, 15) is 4.39 Å². The van der Waals surface area contributed by atoms with E-state index in [2.05, 4.69) is 23.9 Å². The molecule has 1 aliphatic rings. The van der Waals surface area contributed by atoms with Crippen molar-refractivity contribution in [3.63, 3.8) is 0 Å². The van der Waals surface area contributed by atoms with E-state index in [0.717, 1.165) is 25.3 Å². The standard InChI is InChI=1S/C17H22FN3O2/c1-17(2)10-12(7-8-23-17)16-19-15(20-21(16)3)11-22-14-6-4-5-13(18)9-14/h4-6,9,12H,7-8,10-11H2,1-3H3. The van der Waals surface area contributed by atoms with Gasteiger partial charge >= 0.3 is 0 Å². The van der Waals surface area contributed by atoms with Crippen LogP contribution in [0.1, 0.15) is 44.3 Å². The SMILES string of the molecule is Cn1nc(COc2cccc(F)c2)nc1C1CCOC(C)(C)C1. The van der Waals surface area contributed by atoms with Gasteiger partial charge in [0.05, 0.1) is 5.60 Å². The number of benzene rings is 1. The molecule has 6 heteroatoms. The first-order chi connectivity index (χ1) is 10.9. The largest absolute Gasteiger partial charge is 0.485 e. The Morgan fingerprint density at radius 2 is 2.26 bits per heavy atom. The van der Waals surface area contributed by atoms with Crippen molar-refractivity contribution < 1.29 is 13.9 Å². The van der Waals surface area contributed by atoms with Gasteiger partial charge in [-0.25, -0.2) is 9.37 Å². The van der Waals surface area contributed by atoms with Gasteiger partial charge in [-0.15, -0.1) is 0 Å². The van der Waals surface area contributed by atoms with Crippen molar-refractivity contribution in [3.8, 4) is 5.75 Å². The summed E-state index contributed by atoms with van der Waals surface area (Å²) in [6.07, 6.45) is 1.86. The molecule has 3 rings (SSSR count). The van der Waals surface area contributed by atoms with Crippen LogP contribution in [0.2, 0.25) is 0 Å². The number of nitrogens with zero attached hydrogens (tertiary/aromatic N) is 3. The molecule has 1 aromatic heterocycles. The number of ether oxygens (including phenoxy) is 2. The molecule has 0 bridgehead atoms. The maximum Gasteiger partial charge on any atom is 0.188 e. The van der Waals surface area contributed by atoms with E-state index in [0.29, 0.717) is 17.5 Å². The highest BCUT2D eigenvalue weighted by molar-refractivity contribution is 5.22. The lowest BCUT2D eigenvalue weighted by atomic mass is 9.88. The van der Waals surface area contributed by atoms with E-state index in [-0.39, 0.29) is 18.0 Å². The molecule has 1 aliphatic heterocycles. The number of aromatic nitrogens is 3. The van der Waals surface area contributed by atoms with Crippen molar-refractivity contribution in [2.45, 2.75) is 44.8 Å². The molecule has 2 heterocycles. The lowest BCUT2D eigenvalue weighted by Crippen LogP contribution is -2.33. The van der Waals surface area contributed by atoms with E-state index in [4.69, 9.17) is 9.47 Å². The fourth-order valence-corrected chi connectivity index (χ4v) is 3.02. The summed E-state index contributed by atoms with van der Waals surface area (Å²) in [5, 5.41) is 4.42. The van der Waals surface area contributed by atoms with Crippen molar-refractivity contribution in [1.29, 1.82) is 0 Å². The molecule has 124 valence electrons. The molecule has 5 nitrogen and oxygen atoms in total. The van der Waals surface area contributed by atoms with Gasteiger partial charge < -0.3 is 9.47 Å². The summed E-state index contributed by atoms with van der Waals surface area (Å²) in [6.45, 7) is 5.16. The first kappa shape index (κ1) is 15.9. The van der Waals surface area contributed by atoms with Gasteiger partial charge in [0, 0.05) is 25.6 Å². The minimum atomic E-state index is -0.318. The van der Waals surface area contributed by atoms with Crippen LogP contribution in [0.3, 0.4) is 0 Å². The highest BCUT2D eigenvalue weighted by atomic mass is 19.1. The zero-order valence-corrected chi connectivity index (χ0v) is 13.8. The third-order valence-corrected chi connectivity index (χ3v) is 4.07. The summed E-state index contributed by atoms with van der Waals surface area (Å²) in [5.74, 6) is 2.06. The Morgan fingerprint density at radius 3 is 3.00 bits per heavy atom.